The lowest BCUT2D eigenvalue weighted by Crippen LogP contribution is -2.47. The van der Waals surface area contributed by atoms with Crippen LogP contribution in [0.1, 0.15) is 25.3 Å². The van der Waals surface area contributed by atoms with Gasteiger partial charge in [-0.2, -0.15) is 0 Å². The topological polar surface area (TPSA) is 75.4 Å². The summed E-state index contributed by atoms with van der Waals surface area (Å²) in [5, 5.41) is 0. The standard InChI is InChI=1S/C14H22FN3O2S/c1-3-18-6-4-5-12(9-18)17-21(19,20)14-8-11(16)7-13(15)10(14)2/h7-8,12,17H,3-6,9,16H2,1-2H3. The van der Waals surface area contributed by atoms with Crippen molar-refractivity contribution < 1.29 is 12.8 Å². The van der Waals surface area contributed by atoms with E-state index in [1.807, 2.05) is 6.92 Å². The highest BCUT2D eigenvalue weighted by Gasteiger charge is 2.26. The molecule has 1 unspecified atom stereocenters. The largest absolute Gasteiger partial charge is 0.399 e. The van der Waals surface area contributed by atoms with Crippen LogP contribution in [-0.4, -0.2) is 39.0 Å². The third-order valence-corrected chi connectivity index (χ3v) is 5.53. The number of likely N-dealkylation sites (N-methyl/N-ethyl adjacent to an activating group) is 1. The van der Waals surface area contributed by atoms with Gasteiger partial charge in [0.25, 0.3) is 0 Å². The summed E-state index contributed by atoms with van der Waals surface area (Å²) in [6, 6.07) is 2.29. The minimum absolute atomic E-state index is 0.0754. The summed E-state index contributed by atoms with van der Waals surface area (Å²) in [5.74, 6) is -0.603. The molecule has 21 heavy (non-hydrogen) atoms. The van der Waals surface area contributed by atoms with Gasteiger partial charge in [0.15, 0.2) is 0 Å². The van der Waals surface area contributed by atoms with Crippen LogP contribution in [0.5, 0.6) is 0 Å². The quantitative estimate of drug-likeness (QED) is 0.825. The van der Waals surface area contributed by atoms with E-state index in [0.717, 1.165) is 32.0 Å². The maximum atomic E-state index is 13.7. The summed E-state index contributed by atoms with van der Waals surface area (Å²) in [7, 11) is -3.76. The SMILES string of the molecule is CCN1CCCC(NS(=O)(=O)c2cc(N)cc(F)c2C)C1. The summed E-state index contributed by atoms with van der Waals surface area (Å²) in [6.07, 6.45) is 1.74. The molecule has 0 bridgehead atoms. The Kier molecular flexibility index (Phi) is 4.85. The van der Waals surface area contributed by atoms with Crippen molar-refractivity contribution in [3.05, 3.63) is 23.5 Å². The van der Waals surface area contributed by atoms with Gasteiger partial charge in [-0.05, 0) is 45.0 Å². The highest BCUT2D eigenvalue weighted by molar-refractivity contribution is 7.89. The van der Waals surface area contributed by atoms with Crippen molar-refractivity contribution in [2.75, 3.05) is 25.4 Å². The Bertz CT molecular complexity index is 619. The lowest BCUT2D eigenvalue weighted by molar-refractivity contribution is 0.211. The van der Waals surface area contributed by atoms with Crippen LogP contribution in [-0.2, 0) is 10.0 Å². The monoisotopic (exact) mass is 315 g/mol. The van der Waals surface area contributed by atoms with Gasteiger partial charge in [0.1, 0.15) is 5.82 Å². The van der Waals surface area contributed by atoms with E-state index in [0.29, 0.717) is 6.54 Å². The average molecular weight is 315 g/mol. The van der Waals surface area contributed by atoms with E-state index in [-0.39, 0.29) is 22.2 Å². The van der Waals surface area contributed by atoms with Crippen molar-refractivity contribution >= 4 is 15.7 Å². The zero-order valence-electron chi connectivity index (χ0n) is 12.4. The van der Waals surface area contributed by atoms with Crippen LogP contribution in [0, 0.1) is 12.7 Å². The predicted octanol–water partition coefficient (Wildman–Crippen LogP) is 1.48. The molecule has 0 spiro atoms. The Morgan fingerprint density at radius 2 is 2.19 bits per heavy atom. The Morgan fingerprint density at radius 3 is 2.86 bits per heavy atom. The molecule has 0 aromatic heterocycles. The fourth-order valence-electron chi connectivity index (χ4n) is 2.67. The number of piperidine rings is 1. The van der Waals surface area contributed by atoms with Crippen LogP contribution in [0.3, 0.4) is 0 Å². The molecule has 1 atom stereocenters. The van der Waals surface area contributed by atoms with Gasteiger partial charge in [0.05, 0.1) is 4.90 Å². The maximum absolute atomic E-state index is 13.7. The van der Waals surface area contributed by atoms with Crippen molar-refractivity contribution in [2.24, 2.45) is 0 Å². The number of hydrogen-bond acceptors (Lipinski definition) is 4. The smallest absolute Gasteiger partial charge is 0.241 e. The second-order valence-corrected chi connectivity index (χ2v) is 7.16. The number of nitrogens with zero attached hydrogens (tertiary/aromatic N) is 1. The number of rotatable bonds is 4. The molecule has 1 saturated heterocycles. The minimum Gasteiger partial charge on any atom is -0.399 e. The summed E-state index contributed by atoms with van der Waals surface area (Å²) in [4.78, 5) is 2.12. The molecule has 0 saturated carbocycles. The minimum atomic E-state index is -3.76. The van der Waals surface area contributed by atoms with E-state index in [1.165, 1.54) is 13.0 Å². The molecule has 7 heteroatoms. The Labute approximate surface area is 125 Å². The molecule has 1 heterocycles. The van der Waals surface area contributed by atoms with Crippen LogP contribution in [0.4, 0.5) is 10.1 Å². The van der Waals surface area contributed by atoms with Crippen molar-refractivity contribution in [1.29, 1.82) is 0 Å². The number of halogens is 1. The lowest BCUT2D eigenvalue weighted by Gasteiger charge is -2.32. The first-order chi connectivity index (χ1) is 9.83. The first-order valence-corrected chi connectivity index (χ1v) is 8.62. The third kappa shape index (κ3) is 3.72. The molecule has 0 aliphatic carbocycles. The Hall–Kier alpha value is -1.18. The van der Waals surface area contributed by atoms with Crippen LogP contribution < -0.4 is 10.5 Å². The van der Waals surface area contributed by atoms with Crippen LogP contribution >= 0.6 is 0 Å². The number of likely N-dealkylation sites (tertiary alicyclic amines) is 1. The summed E-state index contributed by atoms with van der Waals surface area (Å²) >= 11 is 0. The molecule has 1 aliphatic heterocycles. The molecule has 1 fully saturated rings. The molecule has 3 N–H and O–H groups in total. The second-order valence-electron chi connectivity index (χ2n) is 5.48. The zero-order valence-corrected chi connectivity index (χ0v) is 13.2. The van der Waals surface area contributed by atoms with E-state index in [2.05, 4.69) is 9.62 Å². The van der Waals surface area contributed by atoms with Crippen molar-refractivity contribution in [3.8, 4) is 0 Å². The van der Waals surface area contributed by atoms with E-state index >= 15 is 0 Å². The summed E-state index contributed by atoms with van der Waals surface area (Å²) < 4.78 is 41.3. The molecule has 5 nitrogen and oxygen atoms in total. The van der Waals surface area contributed by atoms with Gasteiger partial charge in [-0.3, -0.25) is 0 Å². The predicted molar refractivity (Wildman–Crippen MR) is 81.0 cm³/mol. The molecule has 1 aromatic rings. The first-order valence-electron chi connectivity index (χ1n) is 7.13. The van der Waals surface area contributed by atoms with E-state index in [1.54, 1.807) is 0 Å². The average Bonchev–Trinajstić information content (AvgIpc) is 2.42. The fourth-order valence-corrected chi connectivity index (χ4v) is 4.22. The van der Waals surface area contributed by atoms with Crippen molar-refractivity contribution in [3.63, 3.8) is 0 Å². The summed E-state index contributed by atoms with van der Waals surface area (Å²) in [5.41, 5.74) is 5.77. The molecule has 1 aliphatic rings. The number of benzene rings is 1. The van der Waals surface area contributed by atoms with Crippen LogP contribution in [0.2, 0.25) is 0 Å². The van der Waals surface area contributed by atoms with E-state index in [4.69, 9.17) is 5.73 Å². The van der Waals surface area contributed by atoms with Crippen LogP contribution in [0.25, 0.3) is 0 Å². The molecular weight excluding hydrogens is 293 g/mol. The second kappa shape index (κ2) is 6.29. The van der Waals surface area contributed by atoms with Gasteiger partial charge in [-0.1, -0.05) is 6.92 Å². The fraction of sp³-hybridized carbons (Fsp3) is 0.571. The third-order valence-electron chi connectivity index (χ3n) is 3.88. The molecular formula is C14H22FN3O2S. The zero-order chi connectivity index (χ0) is 15.6. The number of nitrogens with two attached hydrogens (primary N) is 1. The van der Waals surface area contributed by atoms with Gasteiger partial charge in [0, 0.05) is 23.8 Å². The van der Waals surface area contributed by atoms with Crippen molar-refractivity contribution in [1.82, 2.24) is 9.62 Å². The highest BCUT2D eigenvalue weighted by atomic mass is 32.2. The number of hydrogen-bond donors (Lipinski definition) is 2. The van der Waals surface area contributed by atoms with Gasteiger partial charge < -0.3 is 10.6 Å². The maximum Gasteiger partial charge on any atom is 0.241 e. The molecule has 2 rings (SSSR count). The number of nitrogens with one attached hydrogen (secondary N) is 1. The lowest BCUT2D eigenvalue weighted by atomic mass is 10.1. The molecule has 0 amide bonds. The van der Waals surface area contributed by atoms with E-state index < -0.39 is 15.8 Å². The van der Waals surface area contributed by atoms with Crippen LogP contribution in [0.15, 0.2) is 17.0 Å². The summed E-state index contributed by atoms with van der Waals surface area (Å²) in [6.45, 7) is 6.06. The van der Waals surface area contributed by atoms with Gasteiger partial charge in [-0.25, -0.2) is 17.5 Å². The van der Waals surface area contributed by atoms with Crippen molar-refractivity contribution in [2.45, 2.75) is 37.6 Å². The van der Waals surface area contributed by atoms with Gasteiger partial charge in [0.2, 0.25) is 10.0 Å². The molecule has 1 aromatic carbocycles. The Balaban J connectivity index is 2.23. The van der Waals surface area contributed by atoms with Gasteiger partial charge in [-0.15, -0.1) is 0 Å². The molecule has 118 valence electrons. The number of anilines is 1. The number of nitrogen functional groups attached to an aromatic ring is 1. The van der Waals surface area contributed by atoms with E-state index in [9.17, 15) is 12.8 Å². The first kappa shape index (κ1) is 16.2. The highest BCUT2D eigenvalue weighted by Crippen LogP contribution is 2.23. The van der Waals surface area contributed by atoms with Gasteiger partial charge >= 0.3 is 0 Å². The normalized spacial score (nSPS) is 20.6. The molecule has 0 radical (unpaired) electrons. The number of sulfonamides is 1. The Morgan fingerprint density at radius 1 is 1.48 bits per heavy atom.